The van der Waals surface area contributed by atoms with Crippen LogP contribution in [0.3, 0.4) is 0 Å². The van der Waals surface area contributed by atoms with E-state index in [9.17, 15) is 4.79 Å². The van der Waals surface area contributed by atoms with Crippen LogP contribution in [-0.4, -0.2) is 37.0 Å². The Labute approximate surface area is 157 Å². The van der Waals surface area contributed by atoms with E-state index in [1.165, 1.54) is 0 Å². The molecule has 1 unspecified atom stereocenters. The second-order valence-corrected chi connectivity index (χ2v) is 6.72. The van der Waals surface area contributed by atoms with E-state index in [1.807, 2.05) is 42.2 Å². The smallest absolute Gasteiger partial charge is 0.227 e. The normalized spacial score (nSPS) is 14.7. The van der Waals surface area contributed by atoms with Crippen LogP contribution in [0.2, 0.25) is 0 Å². The highest BCUT2D eigenvalue weighted by Crippen LogP contribution is 2.34. The van der Waals surface area contributed by atoms with Gasteiger partial charge in [-0.15, -0.1) is 0 Å². The minimum atomic E-state index is -0.0418. The van der Waals surface area contributed by atoms with E-state index in [4.69, 9.17) is 4.52 Å². The molecule has 0 aliphatic heterocycles. The third-order valence-electron chi connectivity index (χ3n) is 4.70. The van der Waals surface area contributed by atoms with Crippen molar-refractivity contribution in [3.63, 3.8) is 0 Å². The Hall–Kier alpha value is -3.09. The molecule has 0 aromatic carbocycles. The maximum Gasteiger partial charge on any atom is 0.227 e. The van der Waals surface area contributed by atoms with Crippen LogP contribution in [-0.2, 0) is 11.2 Å². The lowest BCUT2D eigenvalue weighted by molar-refractivity contribution is -0.134. The molecule has 3 aromatic heterocycles. The SMILES string of the molecule is CC(c1ccccn1)N(C(=O)CCc1nc(-c2cccnc2)no1)C1CC1. The summed E-state index contributed by atoms with van der Waals surface area (Å²) in [5.74, 6) is 1.05. The van der Waals surface area contributed by atoms with Gasteiger partial charge in [0.2, 0.25) is 17.6 Å². The monoisotopic (exact) mass is 363 g/mol. The molecule has 1 amide bonds. The molecule has 3 heterocycles. The lowest BCUT2D eigenvalue weighted by Gasteiger charge is -2.29. The van der Waals surface area contributed by atoms with Gasteiger partial charge in [-0.2, -0.15) is 4.98 Å². The zero-order chi connectivity index (χ0) is 18.6. The molecular formula is C20H21N5O2. The van der Waals surface area contributed by atoms with Crippen LogP contribution >= 0.6 is 0 Å². The third-order valence-corrected chi connectivity index (χ3v) is 4.70. The first-order valence-electron chi connectivity index (χ1n) is 9.17. The van der Waals surface area contributed by atoms with Gasteiger partial charge in [-0.05, 0) is 44.0 Å². The van der Waals surface area contributed by atoms with E-state index >= 15 is 0 Å². The molecule has 7 heteroatoms. The Morgan fingerprint density at radius 2 is 2.15 bits per heavy atom. The molecule has 0 radical (unpaired) electrons. The summed E-state index contributed by atoms with van der Waals surface area (Å²) in [4.78, 5) is 27.7. The Morgan fingerprint density at radius 1 is 1.26 bits per heavy atom. The maximum atomic E-state index is 12.9. The second-order valence-electron chi connectivity index (χ2n) is 6.72. The van der Waals surface area contributed by atoms with Gasteiger partial charge in [0, 0.05) is 43.0 Å². The summed E-state index contributed by atoms with van der Waals surface area (Å²) in [5, 5.41) is 3.98. The fourth-order valence-electron chi connectivity index (χ4n) is 3.17. The molecule has 1 aliphatic rings. The van der Waals surface area contributed by atoms with Crippen molar-refractivity contribution in [1.82, 2.24) is 25.0 Å². The van der Waals surface area contributed by atoms with Crippen molar-refractivity contribution in [1.29, 1.82) is 0 Å². The van der Waals surface area contributed by atoms with E-state index < -0.39 is 0 Å². The van der Waals surface area contributed by atoms with Gasteiger partial charge in [0.15, 0.2) is 0 Å². The van der Waals surface area contributed by atoms with Gasteiger partial charge >= 0.3 is 0 Å². The first-order chi connectivity index (χ1) is 13.2. The number of rotatable bonds is 7. The van der Waals surface area contributed by atoms with Crippen molar-refractivity contribution in [3.8, 4) is 11.4 Å². The van der Waals surface area contributed by atoms with Crippen molar-refractivity contribution in [2.24, 2.45) is 0 Å². The second kappa shape index (κ2) is 7.65. The van der Waals surface area contributed by atoms with E-state index in [0.29, 0.717) is 30.6 Å². The number of hydrogen-bond acceptors (Lipinski definition) is 6. The first-order valence-corrected chi connectivity index (χ1v) is 9.17. The van der Waals surface area contributed by atoms with E-state index in [-0.39, 0.29) is 11.9 Å². The summed E-state index contributed by atoms with van der Waals surface area (Å²) < 4.78 is 5.30. The van der Waals surface area contributed by atoms with Crippen molar-refractivity contribution in [2.75, 3.05) is 0 Å². The quantitative estimate of drug-likeness (QED) is 0.641. The van der Waals surface area contributed by atoms with Gasteiger partial charge in [-0.1, -0.05) is 11.2 Å². The zero-order valence-corrected chi connectivity index (χ0v) is 15.2. The number of amides is 1. The van der Waals surface area contributed by atoms with Crippen LogP contribution in [0.1, 0.15) is 43.8 Å². The van der Waals surface area contributed by atoms with Crippen LogP contribution in [0, 0.1) is 0 Å². The zero-order valence-electron chi connectivity index (χ0n) is 15.2. The Balaban J connectivity index is 1.41. The summed E-state index contributed by atoms with van der Waals surface area (Å²) >= 11 is 0. The molecule has 3 aromatic rings. The van der Waals surface area contributed by atoms with Crippen LogP contribution < -0.4 is 0 Å². The molecule has 0 bridgehead atoms. The summed E-state index contributed by atoms with van der Waals surface area (Å²) in [6, 6.07) is 9.76. The topological polar surface area (TPSA) is 85.0 Å². The first kappa shape index (κ1) is 17.3. The highest BCUT2D eigenvalue weighted by Gasteiger charge is 2.36. The van der Waals surface area contributed by atoms with Gasteiger partial charge in [-0.3, -0.25) is 14.8 Å². The number of aryl methyl sites for hydroxylation is 1. The molecule has 1 atom stereocenters. The van der Waals surface area contributed by atoms with Gasteiger partial charge in [-0.25, -0.2) is 0 Å². The van der Waals surface area contributed by atoms with Crippen LogP contribution in [0.25, 0.3) is 11.4 Å². The fourth-order valence-corrected chi connectivity index (χ4v) is 3.17. The van der Waals surface area contributed by atoms with Crippen LogP contribution in [0.4, 0.5) is 0 Å². The number of hydrogen-bond donors (Lipinski definition) is 0. The molecule has 138 valence electrons. The Kier molecular flexibility index (Phi) is 4.91. The van der Waals surface area contributed by atoms with E-state index in [1.54, 1.807) is 18.6 Å². The molecule has 7 nitrogen and oxygen atoms in total. The van der Waals surface area contributed by atoms with Gasteiger partial charge < -0.3 is 9.42 Å². The van der Waals surface area contributed by atoms with E-state index in [2.05, 4.69) is 20.1 Å². The predicted octanol–water partition coefficient (Wildman–Crippen LogP) is 3.21. The van der Waals surface area contributed by atoms with Gasteiger partial charge in [0.05, 0.1) is 11.7 Å². The third kappa shape index (κ3) is 4.02. The van der Waals surface area contributed by atoms with Gasteiger partial charge in [0.25, 0.3) is 0 Å². The number of nitrogens with zero attached hydrogens (tertiary/aromatic N) is 5. The highest BCUT2D eigenvalue weighted by molar-refractivity contribution is 5.77. The van der Waals surface area contributed by atoms with Crippen molar-refractivity contribution in [3.05, 3.63) is 60.5 Å². The van der Waals surface area contributed by atoms with Gasteiger partial charge in [0.1, 0.15) is 0 Å². The van der Waals surface area contributed by atoms with Crippen molar-refractivity contribution in [2.45, 2.75) is 44.7 Å². The summed E-state index contributed by atoms with van der Waals surface area (Å²) in [7, 11) is 0. The lowest BCUT2D eigenvalue weighted by Crippen LogP contribution is -2.36. The van der Waals surface area contributed by atoms with Crippen molar-refractivity contribution >= 4 is 5.91 Å². The summed E-state index contributed by atoms with van der Waals surface area (Å²) in [5.41, 5.74) is 1.71. The van der Waals surface area contributed by atoms with Crippen LogP contribution in [0.5, 0.6) is 0 Å². The Morgan fingerprint density at radius 3 is 2.85 bits per heavy atom. The summed E-state index contributed by atoms with van der Waals surface area (Å²) in [6.45, 7) is 2.03. The average Bonchev–Trinajstić information content (AvgIpc) is 3.43. The minimum Gasteiger partial charge on any atom is -0.339 e. The molecule has 1 fully saturated rings. The molecule has 27 heavy (non-hydrogen) atoms. The molecule has 0 N–H and O–H groups in total. The number of aromatic nitrogens is 4. The molecule has 1 aliphatic carbocycles. The summed E-state index contributed by atoms with van der Waals surface area (Å²) in [6.07, 6.45) is 8.00. The molecule has 0 saturated heterocycles. The Bertz CT molecular complexity index is 893. The number of carbonyl (C=O) groups excluding carboxylic acids is 1. The average molecular weight is 363 g/mol. The lowest BCUT2D eigenvalue weighted by atomic mass is 10.1. The fraction of sp³-hybridized carbons (Fsp3) is 0.350. The van der Waals surface area contributed by atoms with E-state index in [0.717, 1.165) is 24.1 Å². The maximum absolute atomic E-state index is 12.9. The minimum absolute atomic E-state index is 0.0418. The highest BCUT2D eigenvalue weighted by atomic mass is 16.5. The van der Waals surface area contributed by atoms with Crippen molar-refractivity contribution < 1.29 is 9.32 Å². The molecule has 4 rings (SSSR count). The largest absolute Gasteiger partial charge is 0.339 e. The predicted molar refractivity (Wildman–Crippen MR) is 98.4 cm³/mol. The standard InChI is InChI=1S/C20H21N5O2/c1-14(17-6-2-3-12-22-17)25(16-7-8-16)19(26)10-9-18-23-20(24-27-18)15-5-4-11-21-13-15/h2-6,11-14,16H,7-10H2,1H3. The number of carbonyl (C=O) groups is 1. The van der Waals surface area contributed by atoms with Crippen LogP contribution in [0.15, 0.2) is 53.4 Å². The number of pyridine rings is 2. The molecule has 1 saturated carbocycles. The molecule has 0 spiro atoms. The molecular weight excluding hydrogens is 342 g/mol.